The minimum absolute atomic E-state index is 0.146. The molecule has 1 heterocycles. The molecule has 0 saturated heterocycles. The van der Waals surface area contributed by atoms with Crippen LogP contribution in [-0.2, 0) is 33.8 Å². The zero-order valence-electron chi connectivity index (χ0n) is 28.3. The van der Waals surface area contributed by atoms with E-state index in [1.54, 1.807) is 7.11 Å². The molecule has 4 rings (SSSR count). The Morgan fingerprint density at radius 3 is 2.44 bits per heavy atom. The maximum Gasteiger partial charge on any atom is 0.490 e. The van der Waals surface area contributed by atoms with E-state index >= 15 is 0 Å². The summed E-state index contributed by atoms with van der Waals surface area (Å²) in [6, 6.07) is 22.9. The summed E-state index contributed by atoms with van der Waals surface area (Å²) in [7, 11) is 1.69. The maximum atomic E-state index is 12.4. The normalized spacial score (nSPS) is 11.6. The number of halogens is 3. The molecule has 0 unspecified atom stereocenters. The highest BCUT2D eigenvalue weighted by Crippen LogP contribution is 2.32. The lowest BCUT2D eigenvalue weighted by atomic mass is 9.99. The molecule has 0 fully saturated rings. The number of benzene rings is 3. The highest BCUT2D eigenvalue weighted by Gasteiger charge is 2.38. The number of ether oxygens (including phenoxy) is 2. The highest BCUT2D eigenvalue weighted by atomic mass is 19.4. The van der Waals surface area contributed by atoms with Crippen LogP contribution in [0.15, 0.2) is 78.0 Å². The molecule has 4 aromatic rings. The molecule has 14 heteroatoms. The lowest BCUT2D eigenvalue weighted by molar-refractivity contribution is -0.192. The van der Waals surface area contributed by atoms with Gasteiger partial charge in [-0.2, -0.15) is 13.2 Å². The first-order chi connectivity index (χ1) is 24.0. The third-order valence-corrected chi connectivity index (χ3v) is 7.39. The number of carbonyl (C=O) groups is 2. The van der Waals surface area contributed by atoms with E-state index in [1.165, 1.54) is 5.56 Å². The smallest absolute Gasteiger partial charge is 0.490 e. The van der Waals surface area contributed by atoms with Crippen LogP contribution in [0.25, 0.3) is 22.2 Å². The zero-order chi connectivity index (χ0) is 36.4. The topological polar surface area (TPSA) is 153 Å². The molecule has 0 radical (unpaired) electrons. The molecule has 11 nitrogen and oxygen atoms in total. The van der Waals surface area contributed by atoms with Gasteiger partial charge in [0.15, 0.2) is 5.96 Å². The van der Waals surface area contributed by atoms with Gasteiger partial charge in [0, 0.05) is 58.3 Å². The number of aromatic nitrogens is 2. The quantitative estimate of drug-likeness (QED) is 0.0622. The Morgan fingerprint density at radius 1 is 1.02 bits per heavy atom. The summed E-state index contributed by atoms with van der Waals surface area (Å²) < 4.78 is 45.3. The number of carbonyl (C=O) groups excluding carboxylic acids is 1. The first-order valence-electron chi connectivity index (χ1n) is 16.4. The van der Waals surface area contributed by atoms with Crippen molar-refractivity contribution in [2.75, 3.05) is 33.4 Å². The highest BCUT2D eigenvalue weighted by molar-refractivity contribution is 5.96. The second kappa shape index (κ2) is 20.5. The molecule has 1 aromatic heterocycles. The van der Waals surface area contributed by atoms with Crippen molar-refractivity contribution in [2.24, 2.45) is 10.7 Å². The van der Waals surface area contributed by atoms with Crippen molar-refractivity contribution in [3.8, 4) is 16.9 Å². The van der Waals surface area contributed by atoms with E-state index in [1.807, 2.05) is 30.6 Å². The number of aliphatic imine (C=N–C) groups is 1. The molecule has 0 atom stereocenters. The van der Waals surface area contributed by atoms with E-state index < -0.39 is 12.1 Å². The van der Waals surface area contributed by atoms with Crippen molar-refractivity contribution in [3.05, 3.63) is 84.2 Å². The van der Waals surface area contributed by atoms with E-state index in [2.05, 4.69) is 74.6 Å². The number of carboxylic acid groups (broad SMARTS) is 1. The van der Waals surface area contributed by atoms with Gasteiger partial charge >= 0.3 is 12.1 Å². The van der Waals surface area contributed by atoms with Crippen molar-refractivity contribution < 1.29 is 37.3 Å². The standard InChI is InChI=1S/C34H44N6O3.C2HF3O2/c1-3-4-18-37-34(35)39-33(41)17-13-26-12-16-29(32(23-26)43-22-7-21-42-2)28-14-10-27(11-15-28)24-36-19-20-40-25-38-30-8-5-6-9-31(30)40;3-2(4,5)1(6)7/h5-6,8-12,14-16,23,25,36H,3-4,7,13,17-22,24H2,1-2H3,(H3,35,37,39,41);(H,6,7). The molecule has 1 amide bonds. The van der Waals surface area contributed by atoms with Crippen LogP contribution in [0.2, 0.25) is 0 Å². The minimum Gasteiger partial charge on any atom is -0.493 e. The third kappa shape index (κ3) is 13.5. The van der Waals surface area contributed by atoms with Gasteiger partial charge in [0.2, 0.25) is 5.91 Å². The number of nitrogens with one attached hydrogen (secondary N) is 2. The third-order valence-electron chi connectivity index (χ3n) is 7.39. The number of imidazole rings is 1. The van der Waals surface area contributed by atoms with Gasteiger partial charge in [0.05, 0.1) is 24.0 Å². The number of amides is 1. The summed E-state index contributed by atoms with van der Waals surface area (Å²) >= 11 is 0. The molecule has 270 valence electrons. The predicted octanol–water partition coefficient (Wildman–Crippen LogP) is 5.71. The second-order valence-electron chi connectivity index (χ2n) is 11.3. The number of alkyl halides is 3. The molecule has 3 aromatic carbocycles. The monoisotopic (exact) mass is 698 g/mol. The van der Waals surface area contributed by atoms with Crippen LogP contribution in [0.1, 0.15) is 43.7 Å². The number of unbranched alkanes of at least 4 members (excludes halogenated alkanes) is 1. The number of guanidine groups is 1. The van der Waals surface area contributed by atoms with Crippen LogP contribution in [0, 0.1) is 0 Å². The Kier molecular flexibility index (Phi) is 16.2. The number of carboxylic acids is 1. The Bertz CT molecular complexity index is 1680. The van der Waals surface area contributed by atoms with Crippen molar-refractivity contribution in [2.45, 2.75) is 58.3 Å². The minimum atomic E-state index is -5.08. The molecular weight excluding hydrogens is 653 g/mol. The fourth-order valence-corrected chi connectivity index (χ4v) is 4.75. The van der Waals surface area contributed by atoms with Gasteiger partial charge in [-0.1, -0.05) is 61.9 Å². The summed E-state index contributed by atoms with van der Waals surface area (Å²) in [6.45, 7) is 6.37. The number of hydrogen-bond donors (Lipinski definition) is 4. The predicted molar refractivity (Wildman–Crippen MR) is 187 cm³/mol. The van der Waals surface area contributed by atoms with Crippen LogP contribution in [0.4, 0.5) is 13.2 Å². The number of rotatable bonds is 17. The average Bonchev–Trinajstić information content (AvgIpc) is 3.51. The Hall–Kier alpha value is -4.95. The molecule has 0 aliphatic heterocycles. The van der Waals surface area contributed by atoms with Crippen LogP contribution in [0.3, 0.4) is 0 Å². The van der Waals surface area contributed by atoms with Gasteiger partial charge in [0.25, 0.3) is 0 Å². The fraction of sp³-hybridized carbons (Fsp3) is 0.389. The van der Waals surface area contributed by atoms with Gasteiger partial charge in [-0.3, -0.25) is 15.1 Å². The number of hydrogen-bond acceptors (Lipinski definition) is 7. The average molecular weight is 699 g/mol. The largest absolute Gasteiger partial charge is 0.493 e. The fourth-order valence-electron chi connectivity index (χ4n) is 4.75. The SMILES string of the molecule is CCCCN=C(N)NC(=O)CCc1ccc(-c2ccc(CNCCn3cnc4ccccc43)cc2)c(OCCCOC)c1.O=C(O)C(F)(F)F. The Balaban J connectivity index is 0.000000872. The summed E-state index contributed by atoms with van der Waals surface area (Å²) in [5.74, 6) is -1.92. The summed E-state index contributed by atoms with van der Waals surface area (Å²) in [6.07, 6.45) is 0.465. The number of fused-ring (bicyclic) bond motifs is 1. The number of aliphatic carboxylic acids is 1. The van der Waals surface area contributed by atoms with E-state index in [0.717, 1.165) is 72.4 Å². The van der Waals surface area contributed by atoms with E-state index in [4.69, 9.17) is 25.1 Å². The first kappa shape index (κ1) is 39.5. The van der Waals surface area contributed by atoms with Gasteiger partial charge in [0.1, 0.15) is 5.75 Å². The number of para-hydroxylation sites is 2. The van der Waals surface area contributed by atoms with Gasteiger partial charge in [-0.25, -0.2) is 9.78 Å². The van der Waals surface area contributed by atoms with Gasteiger partial charge in [-0.05, 0) is 47.7 Å². The molecule has 0 saturated carbocycles. The zero-order valence-corrected chi connectivity index (χ0v) is 28.3. The Labute approximate surface area is 289 Å². The van der Waals surface area contributed by atoms with Crippen LogP contribution >= 0.6 is 0 Å². The van der Waals surface area contributed by atoms with E-state index in [-0.39, 0.29) is 11.9 Å². The summed E-state index contributed by atoms with van der Waals surface area (Å²) in [5.41, 5.74) is 12.3. The second-order valence-corrected chi connectivity index (χ2v) is 11.3. The van der Waals surface area contributed by atoms with Crippen LogP contribution in [-0.4, -0.2) is 72.1 Å². The molecule has 50 heavy (non-hydrogen) atoms. The maximum absolute atomic E-state index is 12.4. The number of methoxy groups -OCH3 is 1. The van der Waals surface area contributed by atoms with Crippen LogP contribution in [0.5, 0.6) is 5.75 Å². The molecule has 0 spiro atoms. The molecular formula is C36H45F3N6O5. The number of nitrogens with zero attached hydrogens (tertiary/aromatic N) is 3. The molecule has 0 bridgehead atoms. The summed E-state index contributed by atoms with van der Waals surface area (Å²) in [5, 5.41) is 13.3. The first-order valence-corrected chi connectivity index (χ1v) is 16.4. The lowest BCUT2D eigenvalue weighted by Gasteiger charge is -2.14. The van der Waals surface area contributed by atoms with Crippen molar-refractivity contribution >= 4 is 28.9 Å². The van der Waals surface area contributed by atoms with E-state index in [0.29, 0.717) is 32.6 Å². The van der Waals surface area contributed by atoms with Crippen molar-refractivity contribution in [1.29, 1.82) is 0 Å². The Morgan fingerprint density at radius 2 is 1.74 bits per heavy atom. The summed E-state index contributed by atoms with van der Waals surface area (Å²) in [4.78, 5) is 29.9. The number of nitrogens with two attached hydrogens (primary N) is 1. The van der Waals surface area contributed by atoms with E-state index in [9.17, 15) is 18.0 Å². The van der Waals surface area contributed by atoms with Crippen molar-refractivity contribution in [3.63, 3.8) is 0 Å². The number of aryl methyl sites for hydroxylation is 1. The molecule has 0 aliphatic carbocycles. The van der Waals surface area contributed by atoms with Gasteiger partial charge in [-0.15, -0.1) is 0 Å². The van der Waals surface area contributed by atoms with Gasteiger partial charge < -0.3 is 30.2 Å². The molecule has 5 N–H and O–H groups in total. The van der Waals surface area contributed by atoms with Crippen LogP contribution < -0.4 is 21.1 Å². The van der Waals surface area contributed by atoms with Crippen molar-refractivity contribution in [1.82, 2.24) is 20.2 Å². The molecule has 0 aliphatic rings. The lowest BCUT2D eigenvalue weighted by Crippen LogP contribution is -2.37.